The first-order valence-electron chi connectivity index (χ1n) is 4.23. The Morgan fingerprint density at radius 2 is 2.12 bits per heavy atom. The summed E-state index contributed by atoms with van der Waals surface area (Å²) in [5.41, 5.74) is 4.15. The van der Waals surface area contributed by atoms with Crippen molar-refractivity contribution in [1.29, 1.82) is 0 Å². The lowest BCUT2D eigenvalue weighted by atomic mass is 10.2. The number of nitrogen functional groups attached to an aromatic ring is 1. The van der Waals surface area contributed by atoms with Gasteiger partial charge in [-0.1, -0.05) is 23.2 Å². The van der Waals surface area contributed by atoms with E-state index < -0.39 is 16.2 Å². The summed E-state index contributed by atoms with van der Waals surface area (Å²) >= 11 is 11.4. The first-order valence-corrected chi connectivity index (χ1v) is 4.99. The Kier molecular flexibility index (Phi) is 2.64. The summed E-state index contributed by atoms with van der Waals surface area (Å²) < 4.78 is 0. The Hall–Kier alpha value is -1.86. The van der Waals surface area contributed by atoms with Gasteiger partial charge in [0.2, 0.25) is 0 Å². The molecular formula is C8H4Cl2N4O3. The monoisotopic (exact) mass is 274 g/mol. The summed E-state index contributed by atoms with van der Waals surface area (Å²) in [5.74, 6) is -0.376. The van der Waals surface area contributed by atoms with Crippen LogP contribution in [0.25, 0.3) is 11.0 Å². The van der Waals surface area contributed by atoms with Gasteiger partial charge in [-0.25, -0.2) is 4.98 Å². The number of nitrogens with zero attached hydrogens (tertiary/aromatic N) is 2. The van der Waals surface area contributed by atoms with Gasteiger partial charge >= 0.3 is 5.69 Å². The van der Waals surface area contributed by atoms with Gasteiger partial charge in [-0.2, -0.15) is 0 Å². The van der Waals surface area contributed by atoms with Gasteiger partial charge in [-0.05, 0) is 6.07 Å². The first kappa shape index (κ1) is 11.6. The predicted octanol–water partition coefficient (Wildman–Crippen LogP) is 1.72. The van der Waals surface area contributed by atoms with Crippen LogP contribution in [-0.4, -0.2) is 14.9 Å². The predicted molar refractivity (Wildman–Crippen MR) is 63.5 cm³/mol. The second-order valence-electron chi connectivity index (χ2n) is 3.13. The van der Waals surface area contributed by atoms with Crippen LogP contribution in [0.3, 0.4) is 0 Å². The number of rotatable bonds is 1. The summed E-state index contributed by atoms with van der Waals surface area (Å²) in [6.07, 6.45) is 0. The van der Waals surface area contributed by atoms with Crippen LogP contribution in [0.4, 0.5) is 11.5 Å². The third-order valence-electron chi connectivity index (χ3n) is 2.06. The van der Waals surface area contributed by atoms with Crippen molar-refractivity contribution >= 4 is 45.7 Å². The lowest BCUT2D eigenvalue weighted by Gasteiger charge is -2.03. The number of H-pyrrole nitrogens is 1. The molecule has 7 nitrogen and oxygen atoms in total. The van der Waals surface area contributed by atoms with Gasteiger partial charge in [-0.15, -0.1) is 0 Å². The van der Waals surface area contributed by atoms with Crippen molar-refractivity contribution in [2.75, 3.05) is 5.73 Å². The van der Waals surface area contributed by atoms with E-state index in [1.165, 1.54) is 6.07 Å². The third kappa shape index (κ3) is 1.79. The van der Waals surface area contributed by atoms with Crippen molar-refractivity contribution in [3.8, 4) is 0 Å². The normalized spacial score (nSPS) is 10.7. The third-order valence-corrected chi connectivity index (χ3v) is 2.84. The number of aromatic amines is 1. The highest BCUT2D eigenvalue weighted by molar-refractivity contribution is 6.44. The van der Waals surface area contributed by atoms with Crippen LogP contribution in [-0.2, 0) is 0 Å². The fraction of sp³-hybridized carbons (Fsp3) is 0. The summed E-state index contributed by atoms with van der Waals surface area (Å²) in [6, 6.07) is 1.28. The molecule has 0 saturated heterocycles. The topological polar surface area (TPSA) is 115 Å². The maximum absolute atomic E-state index is 11.2. The zero-order valence-electron chi connectivity index (χ0n) is 8.03. The van der Waals surface area contributed by atoms with E-state index in [1.807, 2.05) is 0 Å². The first-order chi connectivity index (χ1) is 7.91. The number of fused-ring (bicyclic) bond motifs is 1. The van der Waals surface area contributed by atoms with Crippen molar-refractivity contribution in [2.45, 2.75) is 0 Å². The molecule has 1 aromatic carbocycles. The maximum Gasteiger partial charge on any atom is 0.317 e. The number of nitro groups is 1. The Morgan fingerprint density at radius 1 is 1.47 bits per heavy atom. The number of aromatic nitrogens is 2. The zero-order valence-corrected chi connectivity index (χ0v) is 9.54. The van der Waals surface area contributed by atoms with Crippen LogP contribution < -0.4 is 11.3 Å². The van der Waals surface area contributed by atoms with Gasteiger partial charge in [0, 0.05) is 0 Å². The van der Waals surface area contributed by atoms with Crippen LogP contribution in [0, 0.1) is 10.1 Å². The highest BCUT2D eigenvalue weighted by atomic mass is 35.5. The molecule has 1 heterocycles. The summed E-state index contributed by atoms with van der Waals surface area (Å²) in [5, 5.41) is 10.6. The van der Waals surface area contributed by atoms with Gasteiger partial charge in [0.1, 0.15) is 5.02 Å². The molecule has 3 N–H and O–H groups in total. The Labute approximate surface area is 103 Å². The second kappa shape index (κ2) is 3.86. The minimum Gasteiger partial charge on any atom is -0.379 e. The second-order valence-corrected chi connectivity index (χ2v) is 3.91. The van der Waals surface area contributed by atoms with Gasteiger partial charge in [0.05, 0.1) is 15.5 Å². The molecular weight excluding hydrogens is 271 g/mol. The van der Waals surface area contributed by atoms with Crippen molar-refractivity contribution in [3.63, 3.8) is 0 Å². The zero-order chi connectivity index (χ0) is 12.7. The van der Waals surface area contributed by atoms with Crippen LogP contribution in [0.1, 0.15) is 0 Å². The average molecular weight is 275 g/mol. The number of hydrogen-bond acceptors (Lipinski definition) is 5. The average Bonchev–Trinajstić information content (AvgIpc) is 2.23. The largest absolute Gasteiger partial charge is 0.379 e. The SMILES string of the molecule is Nc1nc2c([N+](=O)[O-])c(Cl)c(Cl)cc2[nH]c1=O. The van der Waals surface area contributed by atoms with Crippen molar-refractivity contribution in [1.82, 2.24) is 9.97 Å². The molecule has 9 heteroatoms. The summed E-state index contributed by atoms with van der Waals surface area (Å²) in [6.45, 7) is 0. The van der Waals surface area contributed by atoms with Crippen molar-refractivity contribution in [2.24, 2.45) is 0 Å². The molecule has 0 fully saturated rings. The minimum absolute atomic E-state index is 0.0481. The molecule has 0 spiro atoms. The van der Waals surface area contributed by atoms with Crippen LogP contribution in [0.15, 0.2) is 10.9 Å². The molecule has 0 aliphatic rings. The highest BCUT2D eigenvalue weighted by Gasteiger charge is 2.23. The number of nitro benzene ring substituents is 1. The quantitative estimate of drug-likeness (QED) is 0.607. The Morgan fingerprint density at radius 3 is 2.71 bits per heavy atom. The molecule has 0 radical (unpaired) electrons. The van der Waals surface area contributed by atoms with E-state index in [0.717, 1.165) is 0 Å². The van der Waals surface area contributed by atoms with Crippen LogP contribution >= 0.6 is 23.2 Å². The van der Waals surface area contributed by atoms with Crippen molar-refractivity contribution < 1.29 is 4.92 Å². The Bertz CT molecular complexity index is 697. The van der Waals surface area contributed by atoms with Crippen LogP contribution in [0.5, 0.6) is 0 Å². The van der Waals surface area contributed by atoms with Gasteiger partial charge < -0.3 is 10.7 Å². The molecule has 0 aliphatic heterocycles. The summed E-state index contributed by atoms with van der Waals surface area (Å²) in [7, 11) is 0. The van der Waals surface area contributed by atoms with Gasteiger partial charge in [0.25, 0.3) is 5.56 Å². The molecule has 0 amide bonds. The van der Waals surface area contributed by atoms with E-state index in [1.54, 1.807) is 0 Å². The summed E-state index contributed by atoms with van der Waals surface area (Å²) in [4.78, 5) is 27.3. The lowest BCUT2D eigenvalue weighted by molar-refractivity contribution is -0.383. The van der Waals surface area contributed by atoms with Gasteiger partial charge in [-0.3, -0.25) is 14.9 Å². The Balaban J connectivity index is 3.03. The van der Waals surface area contributed by atoms with Gasteiger partial charge in [0.15, 0.2) is 11.3 Å². The van der Waals surface area contributed by atoms with Crippen molar-refractivity contribution in [3.05, 3.63) is 36.6 Å². The maximum atomic E-state index is 11.2. The molecule has 0 saturated carbocycles. The van der Waals surface area contributed by atoms with Crippen LogP contribution in [0.2, 0.25) is 10.0 Å². The molecule has 0 unspecified atom stereocenters. The number of anilines is 1. The fourth-order valence-electron chi connectivity index (χ4n) is 1.34. The van der Waals surface area contributed by atoms with E-state index >= 15 is 0 Å². The van der Waals surface area contributed by atoms with E-state index in [2.05, 4.69) is 9.97 Å². The standard InChI is InChI=1S/C8H4Cl2N4O3/c9-2-1-3-5(6(4(2)10)14(16)17)13-7(11)8(15)12-3/h1H,(H2,11,13)(H,12,15). The fourth-order valence-corrected chi connectivity index (χ4v) is 1.75. The van der Waals surface area contributed by atoms with E-state index in [0.29, 0.717) is 0 Å². The van der Waals surface area contributed by atoms with E-state index in [-0.39, 0.29) is 26.9 Å². The smallest absolute Gasteiger partial charge is 0.317 e. The lowest BCUT2D eigenvalue weighted by Crippen LogP contribution is -2.14. The highest BCUT2D eigenvalue weighted by Crippen LogP contribution is 2.36. The number of hydrogen-bond donors (Lipinski definition) is 2. The molecule has 0 atom stereocenters. The molecule has 0 bridgehead atoms. The molecule has 88 valence electrons. The minimum atomic E-state index is -0.735. The van der Waals surface area contributed by atoms with E-state index in [9.17, 15) is 14.9 Å². The molecule has 2 rings (SSSR count). The number of nitrogens with two attached hydrogens (primary N) is 1. The molecule has 17 heavy (non-hydrogen) atoms. The molecule has 2 aromatic rings. The van der Waals surface area contributed by atoms with E-state index in [4.69, 9.17) is 28.9 Å². The number of nitrogens with one attached hydrogen (secondary N) is 1. The number of halogens is 2. The molecule has 1 aromatic heterocycles. The number of benzene rings is 1. The molecule has 0 aliphatic carbocycles.